The molecule has 0 aromatic heterocycles. The maximum absolute atomic E-state index is 4.05. The smallest absolute Gasteiger partial charge is 0.0300 e. The van der Waals surface area contributed by atoms with Crippen molar-refractivity contribution in [2.24, 2.45) is 17.3 Å². The summed E-state index contributed by atoms with van der Waals surface area (Å²) in [5.41, 5.74) is 4.53. The Morgan fingerprint density at radius 2 is 1.39 bits per heavy atom. The van der Waals surface area contributed by atoms with Crippen molar-refractivity contribution in [3.63, 3.8) is 0 Å². The predicted octanol–water partition coefficient (Wildman–Crippen LogP) is 6.63. The molecule has 0 aliphatic heterocycles. The van der Waals surface area contributed by atoms with Gasteiger partial charge in [0.25, 0.3) is 0 Å². The molecule has 0 spiro atoms. The number of fused-ring (bicyclic) bond motifs is 2. The highest BCUT2D eigenvalue weighted by molar-refractivity contribution is 9.12. The molecule has 0 saturated heterocycles. The van der Waals surface area contributed by atoms with Crippen molar-refractivity contribution < 1.29 is 0 Å². The number of rotatable bonds is 2. The first kappa shape index (κ1) is 15.7. The quantitative estimate of drug-likeness (QED) is 0.468. The summed E-state index contributed by atoms with van der Waals surface area (Å²) in [6.07, 6.45) is 0. The minimum Gasteiger partial charge on any atom is -0.0877 e. The Morgan fingerprint density at radius 3 is 2.00 bits per heavy atom. The van der Waals surface area contributed by atoms with E-state index in [1.165, 1.54) is 21.2 Å². The van der Waals surface area contributed by atoms with Crippen molar-refractivity contribution in [3.05, 3.63) is 76.3 Å². The molecule has 0 unspecified atom stereocenters. The zero-order chi connectivity index (χ0) is 16.2. The largest absolute Gasteiger partial charge is 0.0877 e. The molecular weight excluding hydrogens is 412 g/mol. The molecule has 0 N–H and O–H groups in total. The van der Waals surface area contributed by atoms with E-state index in [2.05, 4.69) is 106 Å². The summed E-state index contributed by atoms with van der Waals surface area (Å²) in [6.45, 7) is 4.87. The van der Waals surface area contributed by atoms with Crippen LogP contribution in [-0.4, -0.2) is 4.83 Å². The fourth-order valence-corrected chi connectivity index (χ4v) is 7.73. The third kappa shape index (κ3) is 2.21. The van der Waals surface area contributed by atoms with Crippen LogP contribution in [-0.2, 0) is 0 Å². The minimum atomic E-state index is 0.225. The lowest BCUT2D eigenvalue weighted by Crippen LogP contribution is -2.30. The van der Waals surface area contributed by atoms with Crippen LogP contribution in [0.2, 0.25) is 0 Å². The fourth-order valence-electron chi connectivity index (χ4n) is 4.84. The maximum Gasteiger partial charge on any atom is 0.0300 e. The summed E-state index contributed by atoms with van der Waals surface area (Å²) in [4.78, 5) is 0.493. The van der Waals surface area contributed by atoms with Crippen LogP contribution in [0.3, 0.4) is 0 Å². The van der Waals surface area contributed by atoms with Gasteiger partial charge in [-0.05, 0) is 28.0 Å². The van der Waals surface area contributed by atoms with Crippen LogP contribution >= 0.6 is 31.9 Å². The topological polar surface area (TPSA) is 0 Å². The normalized spacial score (nSPS) is 31.7. The van der Waals surface area contributed by atoms with Crippen molar-refractivity contribution in [1.82, 2.24) is 0 Å². The summed E-state index contributed by atoms with van der Waals surface area (Å²) in [7, 11) is 0. The average molecular weight is 432 g/mol. The molecule has 4 rings (SSSR count). The SMILES string of the molecule is CC1(C)[C@H]2C(c3ccccc3)=C(Br)[C@H]([C@@H]2Br)[C@@H]1c1ccccc1. The molecule has 2 aliphatic rings. The van der Waals surface area contributed by atoms with E-state index >= 15 is 0 Å². The Balaban J connectivity index is 1.87. The predicted molar refractivity (Wildman–Crippen MR) is 105 cm³/mol. The van der Waals surface area contributed by atoms with Gasteiger partial charge >= 0.3 is 0 Å². The summed E-state index contributed by atoms with van der Waals surface area (Å²) in [6, 6.07) is 21.9. The van der Waals surface area contributed by atoms with Gasteiger partial charge in [-0.2, -0.15) is 0 Å². The monoisotopic (exact) mass is 430 g/mol. The highest BCUT2D eigenvalue weighted by Crippen LogP contribution is 2.70. The Bertz CT molecular complexity index is 746. The van der Waals surface area contributed by atoms with Gasteiger partial charge in [0.15, 0.2) is 0 Å². The van der Waals surface area contributed by atoms with Crippen LogP contribution in [0.1, 0.15) is 30.9 Å². The zero-order valence-electron chi connectivity index (χ0n) is 13.3. The second kappa shape index (κ2) is 5.60. The van der Waals surface area contributed by atoms with E-state index in [0.717, 1.165) is 0 Å². The third-order valence-electron chi connectivity index (χ3n) is 5.73. The molecule has 2 aromatic rings. The van der Waals surface area contributed by atoms with Crippen LogP contribution < -0.4 is 0 Å². The summed E-state index contributed by atoms with van der Waals surface area (Å²) >= 11 is 8.03. The highest BCUT2D eigenvalue weighted by atomic mass is 79.9. The number of hydrogen-bond acceptors (Lipinski definition) is 0. The number of hydrogen-bond donors (Lipinski definition) is 0. The van der Waals surface area contributed by atoms with E-state index in [4.69, 9.17) is 0 Å². The van der Waals surface area contributed by atoms with Crippen molar-refractivity contribution in [3.8, 4) is 0 Å². The van der Waals surface area contributed by atoms with Crippen LogP contribution in [0.5, 0.6) is 0 Å². The summed E-state index contributed by atoms with van der Waals surface area (Å²) in [5.74, 6) is 1.57. The zero-order valence-corrected chi connectivity index (χ0v) is 16.5. The molecule has 0 radical (unpaired) electrons. The first-order valence-corrected chi connectivity index (χ1v) is 9.88. The molecule has 1 fully saturated rings. The van der Waals surface area contributed by atoms with Crippen molar-refractivity contribution >= 4 is 37.4 Å². The van der Waals surface area contributed by atoms with Gasteiger partial charge in [0.05, 0.1) is 0 Å². The molecule has 23 heavy (non-hydrogen) atoms. The van der Waals surface area contributed by atoms with E-state index in [9.17, 15) is 0 Å². The van der Waals surface area contributed by atoms with Gasteiger partial charge < -0.3 is 0 Å². The second-order valence-electron chi connectivity index (χ2n) is 7.29. The standard InChI is InChI=1S/C21H20Br2/c1-21(2)17(14-11-7-4-8-12-14)16-19(22)15(18(21)20(16)23)13-9-5-3-6-10-13/h3-12,16-18,20H,1-2H3/t16-,17+,18+,20+/m1/s1. The van der Waals surface area contributed by atoms with E-state index in [1.54, 1.807) is 0 Å². The highest BCUT2D eigenvalue weighted by Gasteiger charge is 2.61. The van der Waals surface area contributed by atoms with Crippen molar-refractivity contribution in [1.29, 1.82) is 0 Å². The summed E-state index contributed by atoms with van der Waals surface area (Å²) < 4.78 is 1.39. The van der Waals surface area contributed by atoms with Gasteiger partial charge in [0.2, 0.25) is 0 Å². The van der Waals surface area contributed by atoms with Crippen LogP contribution in [0, 0.1) is 17.3 Å². The Labute approximate surface area is 155 Å². The molecule has 2 aliphatic carbocycles. The molecule has 4 atom stereocenters. The Morgan fingerprint density at radius 1 is 0.826 bits per heavy atom. The molecule has 2 bridgehead atoms. The Kier molecular flexibility index (Phi) is 3.81. The fraction of sp³-hybridized carbons (Fsp3) is 0.333. The number of alkyl halides is 1. The lowest BCUT2D eigenvalue weighted by atomic mass is 9.65. The molecule has 0 nitrogen and oxygen atoms in total. The van der Waals surface area contributed by atoms with E-state index in [1.807, 2.05) is 0 Å². The minimum absolute atomic E-state index is 0.225. The molecule has 0 amide bonds. The van der Waals surface area contributed by atoms with Gasteiger partial charge in [-0.1, -0.05) is 106 Å². The van der Waals surface area contributed by atoms with Gasteiger partial charge in [-0.3, -0.25) is 0 Å². The number of allylic oxidation sites excluding steroid dienone is 2. The second-order valence-corrected chi connectivity index (χ2v) is 9.20. The first-order chi connectivity index (χ1) is 11.0. The third-order valence-corrected chi connectivity index (χ3v) is 7.78. The van der Waals surface area contributed by atoms with E-state index in [-0.39, 0.29) is 5.41 Å². The molecule has 118 valence electrons. The van der Waals surface area contributed by atoms with Crippen molar-refractivity contribution in [2.45, 2.75) is 24.6 Å². The maximum atomic E-state index is 4.05. The van der Waals surface area contributed by atoms with Crippen molar-refractivity contribution in [2.75, 3.05) is 0 Å². The van der Waals surface area contributed by atoms with Gasteiger partial charge in [0.1, 0.15) is 0 Å². The van der Waals surface area contributed by atoms with E-state index < -0.39 is 0 Å². The van der Waals surface area contributed by atoms with Gasteiger partial charge in [-0.25, -0.2) is 0 Å². The molecule has 1 saturated carbocycles. The van der Waals surface area contributed by atoms with Gasteiger partial charge in [-0.15, -0.1) is 0 Å². The first-order valence-electron chi connectivity index (χ1n) is 8.17. The van der Waals surface area contributed by atoms with E-state index in [0.29, 0.717) is 22.6 Å². The average Bonchev–Trinajstić information content (AvgIpc) is 2.93. The van der Waals surface area contributed by atoms with Crippen LogP contribution in [0.4, 0.5) is 0 Å². The van der Waals surface area contributed by atoms with Crippen LogP contribution in [0.25, 0.3) is 5.57 Å². The molecule has 0 heterocycles. The lowest BCUT2D eigenvalue weighted by Gasteiger charge is -2.40. The summed E-state index contributed by atoms with van der Waals surface area (Å²) in [5, 5.41) is 0. The molecular formula is C21H20Br2. The Hall–Kier alpha value is -0.860. The number of benzene rings is 2. The lowest BCUT2D eigenvalue weighted by molar-refractivity contribution is 0.263. The number of halogens is 2. The molecule has 2 aromatic carbocycles. The van der Waals surface area contributed by atoms with Gasteiger partial charge in [0, 0.05) is 21.1 Å². The molecule has 2 heteroatoms. The van der Waals surface area contributed by atoms with Crippen LogP contribution in [0.15, 0.2) is 65.1 Å².